The first-order valence-corrected chi connectivity index (χ1v) is 11.7. The number of rotatable bonds is 6. The van der Waals surface area contributed by atoms with Crippen molar-refractivity contribution in [3.8, 4) is 0 Å². The van der Waals surface area contributed by atoms with Crippen molar-refractivity contribution in [3.63, 3.8) is 0 Å². The molecule has 2 nitrogen and oxygen atoms in total. The fraction of sp³-hybridized carbons (Fsp3) is 0.375. The molecule has 0 N–H and O–H groups in total. The second-order valence-electron chi connectivity index (χ2n) is 7.84. The monoisotopic (exact) mass is 409 g/mol. The van der Waals surface area contributed by atoms with Gasteiger partial charge in [-0.25, -0.2) is 0 Å². The van der Waals surface area contributed by atoms with Gasteiger partial charge in [0.05, 0.1) is 4.88 Å². The van der Waals surface area contributed by atoms with Crippen LogP contribution in [0.4, 0.5) is 0 Å². The summed E-state index contributed by atoms with van der Waals surface area (Å²) in [6, 6.07) is 17.2. The lowest BCUT2D eigenvalue weighted by Gasteiger charge is -2.33. The molecule has 0 amide bonds. The van der Waals surface area contributed by atoms with Crippen molar-refractivity contribution in [3.05, 3.63) is 79.2 Å². The second-order valence-corrected chi connectivity index (χ2v) is 10.5. The maximum Gasteiger partial charge on any atom is 0.177 e. The summed E-state index contributed by atoms with van der Waals surface area (Å²) in [6.45, 7) is 7.58. The predicted octanol–water partition coefficient (Wildman–Crippen LogP) is 6.23. The van der Waals surface area contributed by atoms with E-state index in [0.29, 0.717) is 12.3 Å². The summed E-state index contributed by atoms with van der Waals surface area (Å²) in [4.78, 5) is 20.1. The molecule has 0 spiro atoms. The number of likely N-dealkylation sites (tertiary alicyclic amines) is 1. The van der Waals surface area contributed by atoms with Crippen LogP contribution in [0, 0.1) is 13.8 Å². The maximum absolute atomic E-state index is 12.6. The van der Waals surface area contributed by atoms with Crippen molar-refractivity contribution in [2.24, 2.45) is 0 Å². The van der Waals surface area contributed by atoms with E-state index in [4.69, 9.17) is 0 Å². The maximum atomic E-state index is 12.6. The Labute approximate surface area is 175 Å². The number of Topliss-reactive ketones (excluding diaryl/α,β-unsaturated/α-hetero) is 1. The number of thiophene rings is 2. The first-order chi connectivity index (χ1) is 13.6. The van der Waals surface area contributed by atoms with Gasteiger partial charge in [-0.1, -0.05) is 24.3 Å². The molecule has 4 heteroatoms. The third-order valence-electron chi connectivity index (χ3n) is 5.48. The molecule has 28 heavy (non-hydrogen) atoms. The van der Waals surface area contributed by atoms with Gasteiger partial charge in [-0.05, 0) is 74.5 Å². The van der Waals surface area contributed by atoms with Gasteiger partial charge in [0.1, 0.15) is 0 Å². The molecule has 1 aromatic carbocycles. The van der Waals surface area contributed by atoms with Crippen LogP contribution < -0.4 is 0 Å². The van der Waals surface area contributed by atoms with Gasteiger partial charge in [0, 0.05) is 34.1 Å². The quantitative estimate of drug-likeness (QED) is 0.450. The fourth-order valence-electron chi connectivity index (χ4n) is 4.08. The van der Waals surface area contributed by atoms with E-state index >= 15 is 0 Å². The van der Waals surface area contributed by atoms with Crippen molar-refractivity contribution < 1.29 is 4.79 Å². The van der Waals surface area contributed by atoms with Gasteiger partial charge in [-0.2, -0.15) is 0 Å². The Morgan fingerprint density at radius 3 is 2.64 bits per heavy atom. The minimum atomic E-state index is 0.230. The number of hydrogen-bond acceptors (Lipinski definition) is 4. The van der Waals surface area contributed by atoms with Gasteiger partial charge in [0.15, 0.2) is 5.78 Å². The van der Waals surface area contributed by atoms with Gasteiger partial charge in [-0.3, -0.25) is 9.69 Å². The Balaban J connectivity index is 1.42. The Bertz CT molecular complexity index is 955. The van der Waals surface area contributed by atoms with E-state index in [2.05, 4.69) is 55.1 Å². The minimum Gasteiger partial charge on any atom is -0.298 e. The zero-order valence-electron chi connectivity index (χ0n) is 16.6. The zero-order valence-corrected chi connectivity index (χ0v) is 18.2. The zero-order chi connectivity index (χ0) is 19.5. The largest absolute Gasteiger partial charge is 0.298 e. The van der Waals surface area contributed by atoms with Crippen LogP contribution in [-0.2, 0) is 13.0 Å². The summed E-state index contributed by atoms with van der Waals surface area (Å²) in [5, 5.41) is 0. The summed E-state index contributed by atoms with van der Waals surface area (Å²) < 4.78 is 0. The normalized spacial score (nSPS) is 17.7. The molecule has 1 saturated heterocycles. The van der Waals surface area contributed by atoms with Crippen LogP contribution >= 0.6 is 22.7 Å². The van der Waals surface area contributed by atoms with E-state index in [1.807, 2.05) is 23.5 Å². The number of carbonyl (C=O) groups excluding carboxylic acids is 1. The smallest absolute Gasteiger partial charge is 0.177 e. The lowest BCUT2D eigenvalue weighted by molar-refractivity contribution is 0.0997. The van der Waals surface area contributed by atoms with Gasteiger partial charge in [-0.15, -0.1) is 22.7 Å². The third-order valence-corrected chi connectivity index (χ3v) is 7.51. The highest BCUT2D eigenvalue weighted by atomic mass is 32.1. The predicted molar refractivity (Wildman–Crippen MR) is 120 cm³/mol. The van der Waals surface area contributed by atoms with Crippen LogP contribution in [0.3, 0.4) is 0 Å². The number of carbonyl (C=O) groups is 1. The fourth-order valence-corrected chi connectivity index (χ4v) is 5.81. The van der Waals surface area contributed by atoms with Crippen molar-refractivity contribution in [1.29, 1.82) is 0 Å². The van der Waals surface area contributed by atoms with Crippen molar-refractivity contribution >= 4 is 28.5 Å². The van der Waals surface area contributed by atoms with E-state index in [-0.39, 0.29) is 5.78 Å². The highest BCUT2D eigenvalue weighted by Gasteiger charge is 2.22. The Kier molecular flexibility index (Phi) is 6.10. The molecule has 0 radical (unpaired) electrons. The standard InChI is InChI=1S/C24H27NOS2/c1-17-8-10-22(27-17)16-25-12-4-7-21(15-25)20-6-3-5-19(13-20)14-23(26)24-11-9-18(2)28-24/h3,5-6,8-11,13,21H,4,7,12,14-16H2,1-2H3. The number of benzene rings is 1. The molecule has 4 rings (SSSR count). The van der Waals surface area contributed by atoms with Gasteiger partial charge >= 0.3 is 0 Å². The Hall–Kier alpha value is -1.75. The molecule has 2 aromatic heterocycles. The lowest BCUT2D eigenvalue weighted by atomic mass is 9.89. The molecule has 146 valence electrons. The molecule has 0 bridgehead atoms. The molecule has 1 fully saturated rings. The van der Waals surface area contributed by atoms with Gasteiger partial charge in [0.2, 0.25) is 0 Å². The molecule has 1 unspecified atom stereocenters. The van der Waals surface area contributed by atoms with Crippen LogP contribution in [0.2, 0.25) is 0 Å². The minimum absolute atomic E-state index is 0.230. The lowest BCUT2D eigenvalue weighted by Crippen LogP contribution is -2.33. The molecule has 1 aliphatic heterocycles. The number of aryl methyl sites for hydroxylation is 2. The van der Waals surface area contributed by atoms with E-state index in [1.54, 1.807) is 11.3 Å². The highest BCUT2D eigenvalue weighted by molar-refractivity contribution is 7.14. The van der Waals surface area contributed by atoms with E-state index < -0.39 is 0 Å². The van der Waals surface area contributed by atoms with Crippen LogP contribution in [0.1, 0.15) is 54.2 Å². The third kappa shape index (κ3) is 4.80. The highest BCUT2D eigenvalue weighted by Crippen LogP contribution is 2.29. The SMILES string of the molecule is Cc1ccc(CN2CCCC(c3cccc(CC(=O)c4ccc(C)s4)c3)C2)s1. The summed E-state index contributed by atoms with van der Waals surface area (Å²) in [6.07, 6.45) is 2.98. The number of ketones is 1. The number of piperidine rings is 1. The summed E-state index contributed by atoms with van der Waals surface area (Å²) in [5.41, 5.74) is 2.53. The average molecular weight is 410 g/mol. The van der Waals surface area contributed by atoms with E-state index in [1.165, 1.54) is 39.6 Å². The number of nitrogens with zero attached hydrogens (tertiary/aromatic N) is 1. The van der Waals surface area contributed by atoms with Crippen LogP contribution in [0.15, 0.2) is 48.5 Å². The Morgan fingerprint density at radius 1 is 1.07 bits per heavy atom. The van der Waals surface area contributed by atoms with E-state index in [9.17, 15) is 4.79 Å². The molecule has 3 heterocycles. The molecule has 1 atom stereocenters. The van der Waals surface area contributed by atoms with Crippen LogP contribution in [0.5, 0.6) is 0 Å². The average Bonchev–Trinajstić information content (AvgIpc) is 3.30. The first-order valence-electron chi connectivity index (χ1n) is 10.0. The summed E-state index contributed by atoms with van der Waals surface area (Å²) in [7, 11) is 0. The Morgan fingerprint density at radius 2 is 1.89 bits per heavy atom. The molecule has 0 saturated carbocycles. The van der Waals surface area contributed by atoms with E-state index in [0.717, 1.165) is 23.5 Å². The first kappa shape index (κ1) is 19.6. The van der Waals surface area contributed by atoms with Crippen molar-refractivity contribution in [1.82, 2.24) is 4.90 Å². The van der Waals surface area contributed by atoms with Crippen LogP contribution in [-0.4, -0.2) is 23.8 Å². The topological polar surface area (TPSA) is 20.3 Å². The van der Waals surface area contributed by atoms with Crippen molar-refractivity contribution in [2.75, 3.05) is 13.1 Å². The summed E-state index contributed by atoms with van der Waals surface area (Å²) >= 11 is 3.50. The summed E-state index contributed by atoms with van der Waals surface area (Å²) in [5.74, 6) is 0.794. The number of hydrogen-bond donors (Lipinski definition) is 0. The van der Waals surface area contributed by atoms with Crippen molar-refractivity contribution in [2.45, 2.75) is 45.6 Å². The van der Waals surface area contributed by atoms with Gasteiger partial charge in [0.25, 0.3) is 0 Å². The van der Waals surface area contributed by atoms with Gasteiger partial charge < -0.3 is 0 Å². The molecule has 3 aromatic rings. The second kappa shape index (κ2) is 8.73. The molecular weight excluding hydrogens is 382 g/mol. The van der Waals surface area contributed by atoms with Crippen LogP contribution in [0.25, 0.3) is 0 Å². The molecule has 1 aliphatic rings. The molecular formula is C24H27NOS2. The molecule has 0 aliphatic carbocycles.